The Morgan fingerprint density at radius 2 is 1.90 bits per heavy atom. The summed E-state index contributed by atoms with van der Waals surface area (Å²) in [7, 11) is 1.45. The summed E-state index contributed by atoms with van der Waals surface area (Å²) < 4.78 is 2.49. The van der Waals surface area contributed by atoms with Crippen molar-refractivity contribution in [3.8, 4) is 0 Å². The van der Waals surface area contributed by atoms with Gasteiger partial charge in [0.05, 0.1) is 5.60 Å². The molecule has 0 spiro atoms. The van der Waals surface area contributed by atoms with Crippen LogP contribution in [-0.2, 0) is 13.6 Å². The Morgan fingerprint density at radius 3 is 2.40 bits per heavy atom. The van der Waals surface area contributed by atoms with Gasteiger partial charge in [0.2, 0.25) is 0 Å². The number of nitrogen functional groups attached to an aromatic ring is 1. The first-order chi connectivity index (χ1) is 9.34. The molecule has 0 radical (unpaired) electrons. The van der Waals surface area contributed by atoms with Crippen molar-refractivity contribution < 1.29 is 5.11 Å². The fourth-order valence-corrected chi connectivity index (χ4v) is 2.55. The molecule has 1 aliphatic rings. The lowest BCUT2D eigenvalue weighted by Crippen LogP contribution is -2.63. The number of β-amino-alcohol motifs (C(OH)–C–C–N with tert-alkyl or cyclic N) is 1. The summed E-state index contributed by atoms with van der Waals surface area (Å²) in [6.45, 7) is 5.05. The maximum Gasteiger partial charge on any atom is 0.332 e. The second-order valence-electron chi connectivity index (χ2n) is 5.47. The van der Waals surface area contributed by atoms with Crippen molar-refractivity contribution in [3.63, 3.8) is 0 Å². The fraction of sp³-hybridized carbons (Fsp3) is 0.692. The van der Waals surface area contributed by atoms with E-state index < -0.39 is 16.9 Å². The van der Waals surface area contributed by atoms with E-state index in [0.29, 0.717) is 31.7 Å². The van der Waals surface area contributed by atoms with Gasteiger partial charge >= 0.3 is 5.69 Å². The zero-order valence-electron chi connectivity index (χ0n) is 12.2. The average Bonchev–Trinajstić information content (AvgIpc) is 2.39. The maximum atomic E-state index is 12.2. The SMILES string of the molecule is CCCn1c(N)c(N2CC(O)(CC)C2)c(=O)n(C)c1=O. The number of rotatable bonds is 4. The van der Waals surface area contributed by atoms with Crippen LogP contribution in [0.25, 0.3) is 0 Å². The Morgan fingerprint density at radius 1 is 1.30 bits per heavy atom. The molecule has 0 atom stereocenters. The molecule has 0 aliphatic carbocycles. The largest absolute Gasteiger partial charge is 0.386 e. The Hall–Kier alpha value is -1.76. The van der Waals surface area contributed by atoms with Crippen LogP contribution in [0.3, 0.4) is 0 Å². The van der Waals surface area contributed by atoms with Gasteiger partial charge in [0.15, 0.2) is 0 Å². The normalized spacial score (nSPS) is 17.1. The number of aromatic nitrogens is 2. The van der Waals surface area contributed by atoms with Gasteiger partial charge in [0.1, 0.15) is 11.5 Å². The van der Waals surface area contributed by atoms with Crippen molar-refractivity contribution in [1.82, 2.24) is 9.13 Å². The van der Waals surface area contributed by atoms with Gasteiger partial charge in [-0.15, -0.1) is 0 Å². The van der Waals surface area contributed by atoms with Crippen LogP contribution in [0.5, 0.6) is 0 Å². The quantitative estimate of drug-likeness (QED) is 0.776. The van der Waals surface area contributed by atoms with Gasteiger partial charge < -0.3 is 15.7 Å². The number of nitrogens with two attached hydrogens (primary N) is 1. The lowest BCUT2D eigenvalue weighted by molar-refractivity contribution is 0.00835. The van der Waals surface area contributed by atoms with E-state index in [-0.39, 0.29) is 5.82 Å². The average molecular weight is 282 g/mol. The van der Waals surface area contributed by atoms with Crippen molar-refractivity contribution in [2.75, 3.05) is 23.7 Å². The minimum atomic E-state index is -0.761. The van der Waals surface area contributed by atoms with Crippen molar-refractivity contribution in [2.24, 2.45) is 7.05 Å². The molecule has 1 aromatic heterocycles. The summed E-state index contributed by atoms with van der Waals surface area (Å²) in [5.41, 5.74) is 4.76. The van der Waals surface area contributed by atoms with Gasteiger partial charge in [-0.05, 0) is 12.8 Å². The van der Waals surface area contributed by atoms with E-state index in [4.69, 9.17) is 5.73 Å². The van der Waals surface area contributed by atoms with Crippen LogP contribution in [0.2, 0.25) is 0 Å². The predicted molar refractivity (Wildman–Crippen MR) is 78.1 cm³/mol. The molecule has 3 N–H and O–H groups in total. The van der Waals surface area contributed by atoms with Crippen LogP contribution in [0.15, 0.2) is 9.59 Å². The van der Waals surface area contributed by atoms with E-state index >= 15 is 0 Å². The standard InChI is InChI=1S/C13H22N4O3/c1-4-6-17-10(14)9(11(18)15(3)12(17)19)16-7-13(20,5-2)8-16/h20H,4-8,14H2,1-3H3. The highest BCUT2D eigenvalue weighted by atomic mass is 16.3. The topological polar surface area (TPSA) is 93.5 Å². The summed E-state index contributed by atoms with van der Waals surface area (Å²) in [5.74, 6) is 0.193. The first kappa shape index (κ1) is 14.6. The van der Waals surface area contributed by atoms with Crippen LogP contribution < -0.4 is 21.9 Å². The molecule has 112 valence electrons. The highest BCUT2D eigenvalue weighted by Gasteiger charge is 2.41. The van der Waals surface area contributed by atoms with Gasteiger partial charge in [-0.25, -0.2) is 4.79 Å². The molecule has 7 heteroatoms. The van der Waals surface area contributed by atoms with E-state index in [0.717, 1.165) is 11.0 Å². The third kappa shape index (κ3) is 2.11. The molecule has 2 rings (SSSR count). The van der Waals surface area contributed by atoms with E-state index in [1.165, 1.54) is 11.6 Å². The maximum absolute atomic E-state index is 12.2. The van der Waals surface area contributed by atoms with Crippen LogP contribution >= 0.6 is 0 Å². The summed E-state index contributed by atoms with van der Waals surface area (Å²) in [4.78, 5) is 26.0. The number of nitrogens with zero attached hydrogens (tertiary/aromatic N) is 3. The zero-order valence-corrected chi connectivity index (χ0v) is 12.2. The van der Waals surface area contributed by atoms with Crippen LogP contribution in [-0.4, -0.2) is 32.9 Å². The predicted octanol–water partition coefficient (Wildman–Crippen LogP) is -0.500. The summed E-state index contributed by atoms with van der Waals surface area (Å²) >= 11 is 0. The Labute approximate surface area is 117 Å². The van der Waals surface area contributed by atoms with Crippen LogP contribution in [0, 0.1) is 0 Å². The second-order valence-corrected chi connectivity index (χ2v) is 5.47. The lowest BCUT2D eigenvalue weighted by atomic mass is 9.91. The Balaban J connectivity index is 2.50. The second kappa shape index (κ2) is 4.97. The van der Waals surface area contributed by atoms with Crippen LogP contribution in [0.4, 0.5) is 11.5 Å². The minimum Gasteiger partial charge on any atom is -0.386 e. The Bertz CT molecular complexity index is 626. The zero-order chi connectivity index (χ0) is 15.1. The molecule has 1 aliphatic heterocycles. The molecule has 0 amide bonds. The summed E-state index contributed by atoms with van der Waals surface area (Å²) in [6.07, 6.45) is 1.37. The van der Waals surface area contributed by atoms with Gasteiger partial charge in [0, 0.05) is 26.7 Å². The molecule has 0 saturated carbocycles. The van der Waals surface area contributed by atoms with Crippen molar-refractivity contribution in [2.45, 2.75) is 38.8 Å². The van der Waals surface area contributed by atoms with E-state index in [1.54, 1.807) is 4.90 Å². The minimum absolute atomic E-state index is 0.193. The fourth-order valence-electron chi connectivity index (χ4n) is 2.55. The van der Waals surface area contributed by atoms with Gasteiger partial charge in [0.25, 0.3) is 5.56 Å². The number of hydrogen-bond acceptors (Lipinski definition) is 5. The van der Waals surface area contributed by atoms with E-state index in [1.807, 2.05) is 13.8 Å². The number of aliphatic hydroxyl groups is 1. The van der Waals surface area contributed by atoms with Crippen molar-refractivity contribution in [1.29, 1.82) is 0 Å². The van der Waals surface area contributed by atoms with E-state index in [2.05, 4.69) is 0 Å². The van der Waals surface area contributed by atoms with Crippen molar-refractivity contribution in [3.05, 3.63) is 20.8 Å². The third-order valence-electron chi connectivity index (χ3n) is 3.95. The number of anilines is 2. The molecule has 0 aromatic carbocycles. The van der Waals surface area contributed by atoms with Gasteiger partial charge in [-0.2, -0.15) is 0 Å². The van der Waals surface area contributed by atoms with Crippen molar-refractivity contribution >= 4 is 11.5 Å². The monoisotopic (exact) mass is 282 g/mol. The highest BCUT2D eigenvalue weighted by Crippen LogP contribution is 2.30. The smallest absolute Gasteiger partial charge is 0.332 e. The third-order valence-corrected chi connectivity index (χ3v) is 3.95. The molecule has 1 fully saturated rings. The lowest BCUT2D eigenvalue weighted by Gasteiger charge is -2.47. The first-order valence-corrected chi connectivity index (χ1v) is 6.91. The van der Waals surface area contributed by atoms with Gasteiger partial charge in [-0.3, -0.25) is 13.9 Å². The summed E-state index contributed by atoms with van der Waals surface area (Å²) in [5, 5.41) is 10.1. The molecule has 2 heterocycles. The highest BCUT2D eigenvalue weighted by molar-refractivity contribution is 5.64. The molecule has 1 aromatic rings. The Kier molecular flexibility index (Phi) is 3.64. The first-order valence-electron chi connectivity index (χ1n) is 6.91. The molecular formula is C13H22N4O3. The molecule has 0 bridgehead atoms. The van der Waals surface area contributed by atoms with Crippen LogP contribution in [0.1, 0.15) is 26.7 Å². The molecule has 20 heavy (non-hydrogen) atoms. The molecule has 7 nitrogen and oxygen atoms in total. The van der Waals surface area contributed by atoms with Gasteiger partial charge in [-0.1, -0.05) is 13.8 Å². The molecule has 1 saturated heterocycles. The number of hydrogen-bond donors (Lipinski definition) is 2. The van der Waals surface area contributed by atoms with E-state index in [9.17, 15) is 14.7 Å². The summed E-state index contributed by atoms with van der Waals surface area (Å²) in [6, 6.07) is 0. The molecule has 0 unspecified atom stereocenters. The molecular weight excluding hydrogens is 260 g/mol.